The lowest BCUT2D eigenvalue weighted by molar-refractivity contribution is 0.487. The molecule has 0 radical (unpaired) electrons. The molecule has 1 aromatic heterocycles. The Morgan fingerprint density at radius 2 is 0.955 bits per heavy atom. The van der Waals surface area contributed by atoms with Crippen molar-refractivity contribution in [3.8, 4) is 33.8 Å². The first kappa shape index (κ1) is 37.7. The van der Waals surface area contributed by atoms with Crippen LogP contribution in [-0.4, -0.2) is 0 Å². The summed E-state index contributed by atoms with van der Waals surface area (Å²) in [5.41, 5.74) is 15.5. The van der Waals surface area contributed by atoms with Crippen molar-refractivity contribution in [1.29, 1.82) is 0 Å². The van der Waals surface area contributed by atoms with Gasteiger partial charge in [-0.3, -0.25) is 0 Å². The van der Waals surface area contributed by atoms with Gasteiger partial charge in [0.2, 0.25) is 0 Å². The molecule has 0 unspecified atom stereocenters. The number of nitrogens with zero attached hydrogens (tertiary/aromatic N) is 2. The Labute approximate surface area is 388 Å². The van der Waals surface area contributed by atoms with E-state index in [4.69, 9.17) is 9.15 Å². The zero-order chi connectivity index (χ0) is 44.4. The highest BCUT2D eigenvalue weighted by Gasteiger charge is 2.36. The second kappa shape index (κ2) is 14.2. The third kappa shape index (κ3) is 5.54. The number of anilines is 6. The van der Waals surface area contributed by atoms with E-state index in [2.05, 4.69) is 236 Å². The molecule has 67 heavy (non-hydrogen) atoms. The Kier molecular flexibility index (Phi) is 8.00. The van der Waals surface area contributed by atoms with Crippen molar-refractivity contribution in [3.63, 3.8) is 0 Å². The van der Waals surface area contributed by atoms with Crippen molar-refractivity contribution in [1.82, 2.24) is 0 Å². The maximum Gasteiger partial charge on any atom is 0.159 e. The fraction of sp³-hybridized carbons (Fsp3) is 0.0476. The summed E-state index contributed by atoms with van der Waals surface area (Å²) in [6, 6.07) is 78.7. The molecule has 11 aromatic carbocycles. The Bertz CT molecular complexity index is 4000. The van der Waals surface area contributed by atoms with Crippen LogP contribution in [0.3, 0.4) is 0 Å². The van der Waals surface area contributed by atoms with E-state index in [1.54, 1.807) is 0 Å². The number of rotatable bonds is 6. The van der Waals surface area contributed by atoms with Gasteiger partial charge in [-0.25, -0.2) is 0 Å². The van der Waals surface area contributed by atoms with Crippen LogP contribution in [-0.2, 0) is 5.41 Å². The van der Waals surface area contributed by atoms with Crippen LogP contribution in [0.4, 0.5) is 34.1 Å². The van der Waals surface area contributed by atoms with Gasteiger partial charge >= 0.3 is 0 Å². The van der Waals surface area contributed by atoms with E-state index in [1.165, 1.54) is 38.6 Å². The molecule has 0 saturated carbocycles. The van der Waals surface area contributed by atoms with Crippen LogP contribution in [0.15, 0.2) is 223 Å². The van der Waals surface area contributed by atoms with Gasteiger partial charge in [0, 0.05) is 61.3 Å². The number of benzene rings is 11. The van der Waals surface area contributed by atoms with Crippen molar-refractivity contribution in [2.24, 2.45) is 0 Å². The summed E-state index contributed by atoms with van der Waals surface area (Å²) in [4.78, 5) is 4.73. The number of hydrogen-bond donors (Lipinski definition) is 0. The average molecular weight is 859 g/mol. The van der Waals surface area contributed by atoms with E-state index in [1.807, 2.05) is 6.07 Å². The first-order valence-electron chi connectivity index (χ1n) is 23.1. The molecule has 0 spiro atoms. The van der Waals surface area contributed by atoms with Crippen molar-refractivity contribution < 1.29 is 9.15 Å². The molecule has 0 amide bonds. The largest absolute Gasteiger partial charge is 0.456 e. The number of para-hydroxylation sites is 4. The molecule has 0 N–H and O–H groups in total. The molecule has 12 aromatic rings. The Morgan fingerprint density at radius 3 is 1.78 bits per heavy atom. The predicted octanol–water partition coefficient (Wildman–Crippen LogP) is 18.1. The molecule has 4 nitrogen and oxygen atoms in total. The molecule has 2 heterocycles. The minimum Gasteiger partial charge on any atom is -0.456 e. The summed E-state index contributed by atoms with van der Waals surface area (Å²) in [5, 5.41) is 9.14. The first-order chi connectivity index (χ1) is 33.0. The highest BCUT2D eigenvalue weighted by Crippen LogP contribution is 2.55. The molecule has 1 aliphatic carbocycles. The Morgan fingerprint density at radius 1 is 0.343 bits per heavy atom. The van der Waals surface area contributed by atoms with Crippen LogP contribution >= 0.6 is 0 Å². The summed E-state index contributed by atoms with van der Waals surface area (Å²) >= 11 is 0. The SMILES string of the molecule is CC1(C)c2ccccc2-c2ccc(N(c3ccccc3)c3ccc4c(c3)Oc3cccc5c3c-4cc3c4ccccc4c(N(c4ccccc4)c4cccc6c4oc4ccccc46)cc53)cc21. The summed E-state index contributed by atoms with van der Waals surface area (Å²) in [7, 11) is 0. The van der Waals surface area contributed by atoms with E-state index >= 15 is 0 Å². The standard InChI is InChI=1S/C63H42N2O2/c1-63(2)54-27-13-11-22-44(54)45-33-31-41(35-55(45)63)64(39-17-5-3-6-18-39)42-32-34-48-53-37-51-43-21-9-10-23-46(43)57(38-52(51)49-25-16-30-59(61(49)53)66-60(48)36-42)65(40-19-7-4-8-20-40)56-28-15-26-50-47-24-12-14-29-58(47)67-62(50)56/h3-38H,1-2H3. The molecule has 0 atom stereocenters. The van der Waals surface area contributed by atoms with Crippen LogP contribution < -0.4 is 14.5 Å². The second-order valence-electron chi connectivity index (χ2n) is 18.4. The van der Waals surface area contributed by atoms with Crippen LogP contribution in [0.2, 0.25) is 0 Å². The third-order valence-electron chi connectivity index (χ3n) is 14.4. The minimum absolute atomic E-state index is 0.123. The third-order valence-corrected chi connectivity index (χ3v) is 14.4. The molecule has 4 heteroatoms. The molecular formula is C63H42N2O2. The van der Waals surface area contributed by atoms with Crippen molar-refractivity contribution in [2.45, 2.75) is 19.3 Å². The minimum atomic E-state index is -0.123. The van der Waals surface area contributed by atoms with Gasteiger partial charge in [0.05, 0.1) is 11.4 Å². The fourth-order valence-electron chi connectivity index (χ4n) is 11.3. The molecule has 14 rings (SSSR count). The second-order valence-corrected chi connectivity index (χ2v) is 18.4. The lowest BCUT2D eigenvalue weighted by atomic mass is 9.82. The van der Waals surface area contributed by atoms with E-state index in [0.29, 0.717) is 0 Å². The molecule has 0 fully saturated rings. The Balaban J connectivity index is 0.956. The van der Waals surface area contributed by atoms with E-state index < -0.39 is 0 Å². The lowest BCUT2D eigenvalue weighted by Gasteiger charge is -2.30. The van der Waals surface area contributed by atoms with Crippen LogP contribution in [0.25, 0.3) is 76.5 Å². The first-order valence-corrected chi connectivity index (χ1v) is 23.1. The summed E-state index contributed by atoms with van der Waals surface area (Å²) in [6.45, 7) is 4.68. The number of fused-ring (bicyclic) bond motifs is 12. The van der Waals surface area contributed by atoms with Gasteiger partial charge in [-0.2, -0.15) is 0 Å². The maximum absolute atomic E-state index is 7.04. The molecule has 2 aliphatic rings. The fourth-order valence-corrected chi connectivity index (χ4v) is 11.3. The van der Waals surface area contributed by atoms with Gasteiger partial charge in [0.1, 0.15) is 17.1 Å². The molecule has 1 aliphatic heterocycles. The highest BCUT2D eigenvalue weighted by molar-refractivity contribution is 6.26. The van der Waals surface area contributed by atoms with E-state index in [0.717, 1.165) is 94.7 Å². The summed E-state index contributed by atoms with van der Waals surface area (Å²) in [5.74, 6) is 1.69. The zero-order valence-electron chi connectivity index (χ0n) is 37.0. The number of hydrogen-bond acceptors (Lipinski definition) is 4. The van der Waals surface area contributed by atoms with Gasteiger partial charge in [-0.05, 0) is 128 Å². The van der Waals surface area contributed by atoms with E-state index in [-0.39, 0.29) is 5.41 Å². The van der Waals surface area contributed by atoms with Gasteiger partial charge in [0.25, 0.3) is 0 Å². The molecule has 316 valence electrons. The smallest absolute Gasteiger partial charge is 0.159 e. The highest BCUT2D eigenvalue weighted by atomic mass is 16.5. The van der Waals surface area contributed by atoms with Gasteiger partial charge in [-0.1, -0.05) is 147 Å². The number of ether oxygens (including phenoxy) is 1. The number of furan rings is 1. The normalized spacial score (nSPS) is 13.2. The molecule has 0 bridgehead atoms. The van der Waals surface area contributed by atoms with Crippen LogP contribution in [0, 0.1) is 0 Å². The predicted molar refractivity (Wildman–Crippen MR) is 279 cm³/mol. The lowest BCUT2D eigenvalue weighted by Crippen LogP contribution is -2.16. The topological polar surface area (TPSA) is 28.9 Å². The van der Waals surface area contributed by atoms with Crippen molar-refractivity contribution >= 4 is 88.4 Å². The average Bonchev–Trinajstić information content (AvgIpc) is 3.87. The summed E-state index contributed by atoms with van der Waals surface area (Å²) in [6.07, 6.45) is 0. The maximum atomic E-state index is 7.04. The zero-order valence-corrected chi connectivity index (χ0v) is 37.0. The molecular weight excluding hydrogens is 817 g/mol. The van der Waals surface area contributed by atoms with Crippen molar-refractivity contribution in [2.75, 3.05) is 9.80 Å². The quantitative estimate of drug-likeness (QED) is 0.156. The van der Waals surface area contributed by atoms with Gasteiger partial charge in [0.15, 0.2) is 5.58 Å². The van der Waals surface area contributed by atoms with Gasteiger partial charge < -0.3 is 19.0 Å². The molecule has 0 saturated heterocycles. The van der Waals surface area contributed by atoms with Crippen LogP contribution in [0.5, 0.6) is 11.5 Å². The van der Waals surface area contributed by atoms with E-state index in [9.17, 15) is 0 Å². The monoisotopic (exact) mass is 858 g/mol. The van der Waals surface area contributed by atoms with Crippen molar-refractivity contribution in [3.05, 3.63) is 230 Å². The van der Waals surface area contributed by atoms with Gasteiger partial charge in [-0.15, -0.1) is 0 Å². The Hall–Kier alpha value is -8.60. The van der Waals surface area contributed by atoms with Crippen LogP contribution in [0.1, 0.15) is 25.0 Å². The summed E-state index contributed by atoms with van der Waals surface area (Å²) < 4.78 is 13.8.